The van der Waals surface area contributed by atoms with Crippen molar-refractivity contribution < 1.29 is 14.3 Å². The van der Waals surface area contributed by atoms with Crippen molar-refractivity contribution in [2.75, 3.05) is 31.5 Å². The molecule has 2 aromatic rings. The van der Waals surface area contributed by atoms with Crippen molar-refractivity contribution in [3.8, 4) is 0 Å². The number of hydrogen-bond acceptors (Lipinski definition) is 6. The van der Waals surface area contributed by atoms with Crippen LogP contribution < -0.4 is 5.32 Å². The smallest absolute Gasteiger partial charge is 0.410 e. The number of anilines is 1. The fourth-order valence-corrected chi connectivity index (χ4v) is 2.66. The molecule has 11 heteroatoms. The Balaban J connectivity index is 1.59. The van der Waals surface area contributed by atoms with Gasteiger partial charge in [-0.05, 0) is 32.4 Å². The minimum Gasteiger partial charge on any atom is -0.444 e. The Kier molecular flexibility index (Phi) is 4.86. The Labute approximate surface area is 155 Å². The number of halogens is 1. The van der Waals surface area contributed by atoms with Gasteiger partial charge in [0.2, 0.25) is 5.28 Å². The molecule has 0 unspecified atom stereocenters. The van der Waals surface area contributed by atoms with E-state index >= 15 is 0 Å². The summed E-state index contributed by atoms with van der Waals surface area (Å²) >= 11 is 5.95. The molecule has 2 aromatic heterocycles. The van der Waals surface area contributed by atoms with Gasteiger partial charge >= 0.3 is 12.1 Å². The summed E-state index contributed by atoms with van der Waals surface area (Å²) in [6.45, 7) is 7.06. The molecule has 10 nitrogen and oxygen atoms in total. The molecule has 140 valence electrons. The molecule has 0 saturated carbocycles. The second kappa shape index (κ2) is 6.94. The van der Waals surface area contributed by atoms with Gasteiger partial charge in [-0.2, -0.15) is 0 Å². The summed E-state index contributed by atoms with van der Waals surface area (Å²) in [5.41, 5.74) is 0.272. The topological polar surface area (TPSA) is 105 Å². The van der Waals surface area contributed by atoms with Gasteiger partial charge in [0.25, 0.3) is 0 Å². The largest absolute Gasteiger partial charge is 0.444 e. The number of amides is 3. The number of nitrogens with one attached hydrogen (secondary N) is 1. The van der Waals surface area contributed by atoms with Gasteiger partial charge in [0.1, 0.15) is 17.6 Å². The van der Waals surface area contributed by atoms with Crippen molar-refractivity contribution >= 4 is 35.1 Å². The van der Waals surface area contributed by atoms with E-state index in [-0.39, 0.29) is 17.4 Å². The Hall–Kier alpha value is -2.62. The van der Waals surface area contributed by atoms with Crippen molar-refractivity contribution in [2.45, 2.75) is 26.4 Å². The molecule has 26 heavy (non-hydrogen) atoms. The van der Waals surface area contributed by atoms with E-state index in [1.165, 1.54) is 16.9 Å². The highest BCUT2D eigenvalue weighted by atomic mass is 35.5. The lowest BCUT2D eigenvalue weighted by Gasteiger charge is -2.35. The molecule has 0 radical (unpaired) electrons. The summed E-state index contributed by atoms with van der Waals surface area (Å²) in [5.74, 6) is 0. The van der Waals surface area contributed by atoms with Crippen LogP contribution in [0.25, 0.3) is 5.65 Å². The van der Waals surface area contributed by atoms with Crippen molar-refractivity contribution in [2.24, 2.45) is 0 Å². The molecule has 0 atom stereocenters. The molecule has 0 aliphatic carbocycles. The number of carbonyl (C=O) groups is 2. The van der Waals surface area contributed by atoms with Gasteiger partial charge in [-0.15, -0.1) is 10.2 Å². The predicted octanol–water partition coefficient (Wildman–Crippen LogP) is 1.86. The number of fused-ring (bicyclic) bond motifs is 1. The van der Waals surface area contributed by atoms with Crippen LogP contribution >= 0.6 is 11.6 Å². The molecule has 1 saturated heterocycles. The molecule has 3 amide bonds. The van der Waals surface area contributed by atoms with Crippen molar-refractivity contribution in [1.82, 2.24) is 29.4 Å². The number of urea groups is 1. The first-order chi connectivity index (χ1) is 12.2. The highest BCUT2D eigenvalue weighted by molar-refractivity contribution is 6.28. The number of ether oxygens (including phenoxy) is 1. The van der Waals surface area contributed by atoms with E-state index in [1.54, 1.807) is 9.80 Å². The molecule has 1 aliphatic rings. The number of carbonyl (C=O) groups excluding carboxylic acids is 2. The normalized spacial score (nSPS) is 15.2. The van der Waals surface area contributed by atoms with Crippen LogP contribution in [0.15, 0.2) is 12.5 Å². The molecule has 1 fully saturated rings. The molecule has 1 N–H and O–H groups in total. The fourth-order valence-electron chi connectivity index (χ4n) is 2.49. The van der Waals surface area contributed by atoms with Gasteiger partial charge in [0.15, 0.2) is 5.65 Å². The van der Waals surface area contributed by atoms with E-state index in [9.17, 15) is 9.59 Å². The quantitative estimate of drug-likeness (QED) is 0.756. The van der Waals surface area contributed by atoms with Crippen LogP contribution in [0.4, 0.5) is 15.3 Å². The average Bonchev–Trinajstić information content (AvgIpc) is 3.07. The predicted molar refractivity (Wildman–Crippen MR) is 94.2 cm³/mol. The van der Waals surface area contributed by atoms with E-state index < -0.39 is 5.60 Å². The first-order valence-electron chi connectivity index (χ1n) is 8.13. The highest BCUT2D eigenvalue weighted by Crippen LogP contribution is 2.18. The van der Waals surface area contributed by atoms with E-state index in [0.717, 1.165) is 0 Å². The lowest BCUT2D eigenvalue weighted by Crippen LogP contribution is -2.52. The average molecular weight is 382 g/mol. The van der Waals surface area contributed by atoms with Gasteiger partial charge in [0.05, 0.1) is 6.20 Å². The first kappa shape index (κ1) is 18.2. The zero-order valence-corrected chi connectivity index (χ0v) is 15.5. The fraction of sp³-hybridized carbons (Fsp3) is 0.533. The highest BCUT2D eigenvalue weighted by Gasteiger charge is 2.28. The standard InChI is InChI=1S/C15H20ClN7O3/c1-15(2,3)26-14(25)22-6-4-21(5-7-22)13(24)19-10-8-17-12(16)23-9-18-20-11(10)23/h8-9H,4-7H2,1-3H3,(H,19,24). The number of nitrogens with zero attached hydrogens (tertiary/aromatic N) is 6. The third kappa shape index (κ3) is 3.96. The van der Waals surface area contributed by atoms with E-state index in [2.05, 4.69) is 20.5 Å². The van der Waals surface area contributed by atoms with E-state index in [0.29, 0.717) is 37.5 Å². The number of hydrogen-bond donors (Lipinski definition) is 1. The van der Waals surface area contributed by atoms with Gasteiger partial charge in [-0.1, -0.05) is 0 Å². The molecule has 0 spiro atoms. The molecule has 3 rings (SSSR count). The molecule has 0 aromatic carbocycles. The number of aromatic nitrogens is 4. The van der Waals surface area contributed by atoms with Gasteiger partial charge in [-0.25, -0.2) is 14.6 Å². The summed E-state index contributed by atoms with van der Waals surface area (Å²) in [5, 5.41) is 10.7. The zero-order valence-electron chi connectivity index (χ0n) is 14.8. The molecule has 3 heterocycles. The van der Waals surface area contributed by atoms with Crippen LogP contribution in [0.1, 0.15) is 20.8 Å². The summed E-state index contributed by atoms with van der Waals surface area (Å²) in [4.78, 5) is 31.8. The Bertz CT molecular complexity index is 824. The Morgan fingerprint density at radius 3 is 2.50 bits per heavy atom. The maximum atomic E-state index is 12.5. The van der Waals surface area contributed by atoms with Gasteiger partial charge < -0.3 is 19.9 Å². The molecule has 0 bridgehead atoms. The van der Waals surface area contributed by atoms with Crippen LogP contribution in [0.5, 0.6) is 0 Å². The second-order valence-corrected chi connectivity index (χ2v) is 7.19. The Morgan fingerprint density at radius 1 is 1.19 bits per heavy atom. The van der Waals surface area contributed by atoms with E-state index in [1.807, 2.05) is 20.8 Å². The maximum absolute atomic E-state index is 12.5. The third-order valence-corrected chi connectivity index (χ3v) is 4.03. The van der Waals surface area contributed by atoms with Crippen LogP contribution in [0, 0.1) is 0 Å². The molecule has 1 aliphatic heterocycles. The summed E-state index contributed by atoms with van der Waals surface area (Å²) in [6.07, 6.45) is 2.48. The summed E-state index contributed by atoms with van der Waals surface area (Å²) in [7, 11) is 0. The molecular weight excluding hydrogens is 362 g/mol. The van der Waals surface area contributed by atoms with Crippen LogP contribution in [0.3, 0.4) is 0 Å². The summed E-state index contributed by atoms with van der Waals surface area (Å²) in [6, 6.07) is -0.303. The monoisotopic (exact) mass is 381 g/mol. The Morgan fingerprint density at radius 2 is 1.85 bits per heavy atom. The van der Waals surface area contributed by atoms with E-state index in [4.69, 9.17) is 16.3 Å². The minimum atomic E-state index is -0.545. The lowest BCUT2D eigenvalue weighted by molar-refractivity contribution is 0.0174. The van der Waals surface area contributed by atoms with Crippen molar-refractivity contribution in [3.63, 3.8) is 0 Å². The third-order valence-electron chi connectivity index (χ3n) is 3.75. The van der Waals surface area contributed by atoms with Gasteiger partial charge in [0, 0.05) is 26.2 Å². The number of piperazine rings is 1. The zero-order chi connectivity index (χ0) is 18.9. The van der Waals surface area contributed by atoms with Crippen LogP contribution in [-0.2, 0) is 4.74 Å². The number of rotatable bonds is 1. The maximum Gasteiger partial charge on any atom is 0.410 e. The van der Waals surface area contributed by atoms with Crippen molar-refractivity contribution in [1.29, 1.82) is 0 Å². The van der Waals surface area contributed by atoms with Crippen molar-refractivity contribution in [3.05, 3.63) is 17.8 Å². The second-order valence-electron chi connectivity index (χ2n) is 6.85. The molecular formula is C15H20ClN7O3. The lowest BCUT2D eigenvalue weighted by atomic mass is 10.2. The summed E-state index contributed by atoms with van der Waals surface area (Å²) < 4.78 is 6.82. The minimum absolute atomic E-state index is 0.203. The van der Waals surface area contributed by atoms with Gasteiger partial charge in [-0.3, -0.25) is 4.40 Å². The SMILES string of the molecule is CC(C)(C)OC(=O)N1CCN(C(=O)Nc2cnc(Cl)n3cnnc23)CC1. The van der Waals surface area contributed by atoms with Crippen LogP contribution in [0.2, 0.25) is 5.28 Å². The first-order valence-corrected chi connectivity index (χ1v) is 8.50. The van der Waals surface area contributed by atoms with Crippen LogP contribution in [-0.4, -0.2) is 73.3 Å².